The van der Waals surface area contributed by atoms with E-state index in [0.29, 0.717) is 5.69 Å². The first-order valence-electron chi connectivity index (χ1n) is 5.63. The van der Waals surface area contributed by atoms with E-state index in [0.717, 1.165) is 9.13 Å². The lowest BCUT2D eigenvalue weighted by Crippen LogP contribution is -2.27. The minimum absolute atomic E-state index is 0.0310. The number of aryl methyl sites for hydroxylation is 1. The molecule has 0 aliphatic heterocycles. The Labute approximate surface area is 120 Å². The highest BCUT2D eigenvalue weighted by molar-refractivity contribution is 14.1. The molecule has 0 saturated heterocycles. The molecule has 0 saturated carbocycles. The van der Waals surface area contributed by atoms with E-state index in [1.165, 1.54) is 0 Å². The summed E-state index contributed by atoms with van der Waals surface area (Å²) in [5.74, 6) is -0.142. The number of aromatic nitrogens is 2. The van der Waals surface area contributed by atoms with E-state index in [-0.39, 0.29) is 11.9 Å². The first-order chi connectivity index (χ1) is 8.58. The molecule has 2 aromatic rings. The van der Waals surface area contributed by atoms with Gasteiger partial charge in [-0.15, -0.1) is 0 Å². The molecule has 1 heterocycles. The Morgan fingerprint density at radius 3 is 2.61 bits per heavy atom. The third-order valence-electron chi connectivity index (χ3n) is 2.65. The van der Waals surface area contributed by atoms with Crippen LogP contribution in [0.1, 0.15) is 29.0 Å². The van der Waals surface area contributed by atoms with Crippen LogP contribution in [0.2, 0.25) is 0 Å². The summed E-state index contributed by atoms with van der Waals surface area (Å²) in [6.45, 7) is 1.96. The molecule has 0 aliphatic rings. The standard InChI is InChI=1S/C13H14IN3O/c1-9(10-6-4-3-5-7-10)15-13(18)12-11(14)8-17(2)16-12/h3-9H,1-2H3,(H,15,18). The zero-order chi connectivity index (χ0) is 13.1. The highest BCUT2D eigenvalue weighted by Gasteiger charge is 2.16. The molecule has 2 rings (SSSR count). The molecule has 0 bridgehead atoms. The smallest absolute Gasteiger partial charge is 0.273 e. The van der Waals surface area contributed by atoms with Crippen molar-refractivity contribution in [2.75, 3.05) is 0 Å². The van der Waals surface area contributed by atoms with Crippen LogP contribution in [0.3, 0.4) is 0 Å². The van der Waals surface area contributed by atoms with Crippen molar-refractivity contribution >= 4 is 28.5 Å². The second kappa shape index (κ2) is 5.51. The van der Waals surface area contributed by atoms with E-state index in [1.807, 2.05) is 43.5 Å². The zero-order valence-electron chi connectivity index (χ0n) is 10.2. The number of halogens is 1. The molecule has 18 heavy (non-hydrogen) atoms. The summed E-state index contributed by atoms with van der Waals surface area (Å²) < 4.78 is 2.50. The molecule has 1 atom stereocenters. The molecule has 0 radical (unpaired) electrons. The molecule has 5 heteroatoms. The maximum absolute atomic E-state index is 12.1. The monoisotopic (exact) mass is 355 g/mol. The van der Waals surface area contributed by atoms with E-state index in [1.54, 1.807) is 11.7 Å². The Morgan fingerprint density at radius 2 is 2.06 bits per heavy atom. The Kier molecular flexibility index (Phi) is 4.00. The van der Waals surface area contributed by atoms with Crippen molar-refractivity contribution in [3.63, 3.8) is 0 Å². The Morgan fingerprint density at radius 1 is 1.39 bits per heavy atom. The first kappa shape index (κ1) is 13.1. The lowest BCUT2D eigenvalue weighted by molar-refractivity contribution is 0.0933. The summed E-state index contributed by atoms with van der Waals surface area (Å²) in [7, 11) is 1.81. The van der Waals surface area contributed by atoms with E-state index in [4.69, 9.17) is 0 Å². The summed E-state index contributed by atoms with van der Waals surface area (Å²) in [4.78, 5) is 12.1. The Balaban J connectivity index is 2.10. The molecule has 1 N–H and O–H groups in total. The SMILES string of the molecule is CC(NC(=O)c1nn(C)cc1I)c1ccccc1. The van der Waals surface area contributed by atoms with E-state index in [2.05, 4.69) is 33.0 Å². The van der Waals surface area contributed by atoms with Crippen LogP contribution in [-0.4, -0.2) is 15.7 Å². The van der Waals surface area contributed by atoms with Crippen molar-refractivity contribution in [2.45, 2.75) is 13.0 Å². The lowest BCUT2D eigenvalue weighted by Gasteiger charge is -2.13. The van der Waals surface area contributed by atoms with Gasteiger partial charge in [0.1, 0.15) is 0 Å². The Hall–Kier alpha value is -1.37. The van der Waals surface area contributed by atoms with Gasteiger partial charge in [-0.05, 0) is 35.1 Å². The lowest BCUT2D eigenvalue weighted by atomic mass is 10.1. The number of benzene rings is 1. The fourth-order valence-electron chi connectivity index (χ4n) is 1.70. The van der Waals surface area contributed by atoms with E-state index >= 15 is 0 Å². The molecule has 1 unspecified atom stereocenters. The van der Waals surface area contributed by atoms with E-state index in [9.17, 15) is 4.79 Å². The van der Waals surface area contributed by atoms with Crippen molar-refractivity contribution in [3.05, 3.63) is 51.4 Å². The van der Waals surface area contributed by atoms with Gasteiger partial charge in [0.2, 0.25) is 0 Å². The number of nitrogens with zero attached hydrogens (tertiary/aromatic N) is 2. The van der Waals surface area contributed by atoms with Crippen molar-refractivity contribution in [1.29, 1.82) is 0 Å². The number of nitrogens with one attached hydrogen (secondary N) is 1. The second-order valence-electron chi connectivity index (χ2n) is 4.11. The molecule has 0 spiro atoms. The van der Waals surface area contributed by atoms with Gasteiger partial charge in [-0.3, -0.25) is 9.48 Å². The third kappa shape index (κ3) is 2.90. The number of hydrogen-bond donors (Lipinski definition) is 1. The maximum atomic E-state index is 12.1. The largest absolute Gasteiger partial charge is 0.344 e. The third-order valence-corrected chi connectivity index (χ3v) is 3.44. The first-order valence-corrected chi connectivity index (χ1v) is 6.70. The quantitative estimate of drug-likeness (QED) is 0.861. The van der Waals surface area contributed by atoms with Gasteiger partial charge in [-0.2, -0.15) is 5.10 Å². The van der Waals surface area contributed by atoms with Gasteiger partial charge in [-0.1, -0.05) is 30.3 Å². The summed E-state index contributed by atoms with van der Waals surface area (Å²) in [6.07, 6.45) is 1.82. The molecule has 94 valence electrons. The molecule has 1 aromatic heterocycles. The van der Waals surface area contributed by atoms with Crippen LogP contribution >= 0.6 is 22.6 Å². The number of rotatable bonds is 3. The summed E-state index contributed by atoms with van der Waals surface area (Å²) in [6, 6.07) is 9.84. The van der Waals surface area contributed by atoms with Gasteiger partial charge in [0, 0.05) is 13.2 Å². The van der Waals surface area contributed by atoms with Crippen LogP contribution in [0.4, 0.5) is 0 Å². The number of carbonyl (C=O) groups is 1. The predicted molar refractivity (Wildman–Crippen MR) is 78.2 cm³/mol. The Bertz CT molecular complexity index is 551. The predicted octanol–water partition coefficient (Wildman–Crippen LogP) is 2.52. The molecular weight excluding hydrogens is 341 g/mol. The summed E-state index contributed by atoms with van der Waals surface area (Å²) in [5.41, 5.74) is 1.55. The van der Waals surface area contributed by atoms with Crippen molar-refractivity contribution < 1.29 is 4.79 Å². The summed E-state index contributed by atoms with van der Waals surface area (Å²) >= 11 is 2.11. The highest BCUT2D eigenvalue weighted by Crippen LogP contribution is 2.14. The van der Waals surface area contributed by atoms with Gasteiger partial charge in [-0.25, -0.2) is 0 Å². The minimum atomic E-state index is -0.142. The second-order valence-corrected chi connectivity index (χ2v) is 5.27. The van der Waals surface area contributed by atoms with Crippen LogP contribution < -0.4 is 5.32 Å². The molecule has 4 nitrogen and oxygen atoms in total. The van der Waals surface area contributed by atoms with Gasteiger partial charge in [0.15, 0.2) is 5.69 Å². The average molecular weight is 355 g/mol. The molecular formula is C13H14IN3O. The molecule has 0 fully saturated rings. The normalized spacial score (nSPS) is 12.2. The summed E-state index contributed by atoms with van der Waals surface area (Å²) in [5, 5.41) is 7.10. The molecule has 1 aromatic carbocycles. The highest BCUT2D eigenvalue weighted by atomic mass is 127. The number of amides is 1. The molecule has 1 amide bonds. The fourth-order valence-corrected chi connectivity index (χ4v) is 2.46. The zero-order valence-corrected chi connectivity index (χ0v) is 12.4. The van der Waals surface area contributed by atoms with Crippen LogP contribution in [0, 0.1) is 3.57 Å². The fraction of sp³-hybridized carbons (Fsp3) is 0.231. The van der Waals surface area contributed by atoms with Crippen molar-refractivity contribution in [3.8, 4) is 0 Å². The van der Waals surface area contributed by atoms with Crippen LogP contribution in [0.15, 0.2) is 36.5 Å². The van der Waals surface area contributed by atoms with E-state index < -0.39 is 0 Å². The van der Waals surface area contributed by atoms with Crippen LogP contribution in [-0.2, 0) is 7.05 Å². The maximum Gasteiger partial charge on any atom is 0.273 e. The topological polar surface area (TPSA) is 46.9 Å². The minimum Gasteiger partial charge on any atom is -0.344 e. The van der Waals surface area contributed by atoms with Crippen LogP contribution in [0.25, 0.3) is 0 Å². The van der Waals surface area contributed by atoms with Crippen molar-refractivity contribution in [2.24, 2.45) is 7.05 Å². The van der Waals surface area contributed by atoms with Gasteiger partial charge < -0.3 is 5.32 Å². The molecule has 0 aliphatic carbocycles. The number of hydrogen-bond acceptors (Lipinski definition) is 2. The van der Waals surface area contributed by atoms with Gasteiger partial charge >= 0.3 is 0 Å². The van der Waals surface area contributed by atoms with Crippen molar-refractivity contribution in [1.82, 2.24) is 15.1 Å². The van der Waals surface area contributed by atoms with Gasteiger partial charge in [0.05, 0.1) is 9.61 Å². The van der Waals surface area contributed by atoms with Gasteiger partial charge in [0.25, 0.3) is 5.91 Å². The average Bonchev–Trinajstić information content (AvgIpc) is 2.69. The number of carbonyl (C=O) groups excluding carboxylic acids is 1. The van der Waals surface area contributed by atoms with Crippen LogP contribution in [0.5, 0.6) is 0 Å².